The number of rotatable bonds is 6. The third kappa shape index (κ3) is 2.71. The quantitative estimate of drug-likeness (QED) is 0.467. The average molecular weight is 260 g/mol. The zero-order valence-electron chi connectivity index (χ0n) is 12.0. The summed E-state index contributed by atoms with van der Waals surface area (Å²) in [5, 5.41) is 0. The topological polar surface area (TPSA) is 0 Å². The summed E-state index contributed by atoms with van der Waals surface area (Å²) in [5.41, 5.74) is 1.06. The predicted octanol–water partition coefficient (Wildman–Crippen LogP) is 4.97. The van der Waals surface area contributed by atoms with E-state index in [1.807, 2.05) is 0 Å². The van der Waals surface area contributed by atoms with Crippen molar-refractivity contribution >= 4 is 8.80 Å². The van der Waals surface area contributed by atoms with E-state index >= 15 is 0 Å². The molecule has 0 aliphatic heterocycles. The summed E-state index contributed by atoms with van der Waals surface area (Å²) in [5.74, 6) is 2.64. The molecule has 4 unspecified atom stereocenters. The van der Waals surface area contributed by atoms with E-state index in [0.717, 1.165) is 23.3 Å². The molecule has 0 aromatic carbocycles. The first-order valence-electron chi connectivity index (χ1n) is 7.77. The zero-order valence-corrected chi connectivity index (χ0v) is 13.2. The van der Waals surface area contributed by atoms with Gasteiger partial charge in [-0.25, -0.2) is 0 Å². The van der Waals surface area contributed by atoms with Crippen molar-refractivity contribution in [3.8, 4) is 0 Å². The fourth-order valence-electron chi connectivity index (χ4n) is 4.25. The van der Waals surface area contributed by atoms with E-state index in [2.05, 4.69) is 50.8 Å². The second-order valence-electron chi connectivity index (χ2n) is 6.03. The van der Waals surface area contributed by atoms with Crippen LogP contribution in [0.5, 0.6) is 0 Å². The summed E-state index contributed by atoms with van der Waals surface area (Å²) in [6, 6.07) is 2.96. The van der Waals surface area contributed by atoms with Gasteiger partial charge in [0.2, 0.25) is 0 Å². The van der Waals surface area contributed by atoms with Crippen molar-refractivity contribution in [3.05, 3.63) is 37.0 Å². The van der Waals surface area contributed by atoms with Gasteiger partial charge in [0.15, 0.2) is 0 Å². The van der Waals surface area contributed by atoms with Gasteiger partial charge in [-0.3, -0.25) is 0 Å². The van der Waals surface area contributed by atoms with Gasteiger partial charge in [0, 0.05) is 8.80 Å². The molecule has 2 aliphatic rings. The first-order valence-corrected chi connectivity index (χ1v) is 10.1. The molecule has 0 amide bonds. The number of allylic oxidation sites excluding steroid dienone is 5. The predicted molar refractivity (Wildman–Crippen MR) is 84.7 cm³/mol. The Morgan fingerprint density at radius 2 is 1.83 bits per heavy atom. The molecule has 2 rings (SSSR count). The van der Waals surface area contributed by atoms with Crippen LogP contribution in [0.2, 0.25) is 17.6 Å². The third-order valence-corrected chi connectivity index (χ3v) is 9.26. The minimum atomic E-state index is -0.522. The first-order chi connectivity index (χ1) is 8.81. The van der Waals surface area contributed by atoms with E-state index in [-0.39, 0.29) is 0 Å². The molecule has 1 fully saturated rings. The molecule has 0 nitrogen and oxygen atoms in total. The monoisotopic (exact) mass is 260 g/mol. The highest BCUT2D eigenvalue weighted by Crippen LogP contribution is 2.52. The van der Waals surface area contributed by atoms with E-state index in [4.69, 9.17) is 0 Å². The van der Waals surface area contributed by atoms with Gasteiger partial charge in [-0.1, -0.05) is 56.3 Å². The molecule has 0 spiro atoms. The molecule has 0 saturated heterocycles. The van der Waals surface area contributed by atoms with Gasteiger partial charge in [0.25, 0.3) is 0 Å². The van der Waals surface area contributed by atoms with Crippen molar-refractivity contribution in [1.82, 2.24) is 0 Å². The molecule has 18 heavy (non-hydrogen) atoms. The molecule has 2 aliphatic carbocycles. The molecule has 0 N–H and O–H groups in total. The Hall–Kier alpha value is -0.563. The van der Waals surface area contributed by atoms with Crippen LogP contribution in [-0.4, -0.2) is 8.80 Å². The molecule has 4 atom stereocenters. The van der Waals surface area contributed by atoms with Crippen LogP contribution in [0, 0.1) is 17.8 Å². The Bertz CT molecular complexity index is 325. The molecule has 0 aromatic heterocycles. The third-order valence-electron chi connectivity index (χ3n) is 5.23. The lowest BCUT2D eigenvalue weighted by atomic mass is 9.84. The fourth-order valence-corrected chi connectivity index (χ4v) is 7.78. The van der Waals surface area contributed by atoms with Crippen molar-refractivity contribution in [2.75, 3.05) is 0 Å². The maximum absolute atomic E-state index is 3.89. The van der Waals surface area contributed by atoms with Gasteiger partial charge in [-0.15, -0.1) is 6.58 Å². The molecular weight excluding hydrogens is 232 g/mol. The summed E-state index contributed by atoms with van der Waals surface area (Å²) < 4.78 is 0. The molecule has 0 bridgehead atoms. The Kier molecular flexibility index (Phi) is 5.05. The number of fused-ring (bicyclic) bond motifs is 1. The van der Waals surface area contributed by atoms with Crippen LogP contribution in [0.15, 0.2) is 37.0 Å². The summed E-state index contributed by atoms with van der Waals surface area (Å²) in [6.45, 7) is 8.74. The SMILES string of the molecule is C=CCCC1CC([SiH](CC)CC)C2C=CC=CC12. The van der Waals surface area contributed by atoms with Gasteiger partial charge in [-0.05, 0) is 42.6 Å². The van der Waals surface area contributed by atoms with Crippen LogP contribution in [0.3, 0.4) is 0 Å². The van der Waals surface area contributed by atoms with E-state index in [0.29, 0.717) is 0 Å². The standard InChI is InChI=1S/C17H28Si/c1-4-7-10-14-13-17(18(5-2)6-3)16-12-9-8-11-15(14)16/h4,8-9,11-12,14-18H,1,5-7,10,13H2,2-3H3. The Morgan fingerprint density at radius 1 is 1.17 bits per heavy atom. The lowest BCUT2D eigenvalue weighted by Gasteiger charge is -2.27. The van der Waals surface area contributed by atoms with Crippen LogP contribution in [-0.2, 0) is 0 Å². The number of hydrogen-bond acceptors (Lipinski definition) is 0. The Labute approximate surface area is 114 Å². The van der Waals surface area contributed by atoms with Gasteiger partial charge >= 0.3 is 0 Å². The van der Waals surface area contributed by atoms with Crippen LogP contribution in [0.25, 0.3) is 0 Å². The van der Waals surface area contributed by atoms with E-state index in [1.54, 1.807) is 0 Å². The lowest BCUT2D eigenvalue weighted by Crippen LogP contribution is -2.23. The van der Waals surface area contributed by atoms with Gasteiger partial charge in [-0.2, -0.15) is 0 Å². The average Bonchev–Trinajstić information content (AvgIpc) is 2.77. The van der Waals surface area contributed by atoms with E-state index in [9.17, 15) is 0 Å². The molecule has 1 heteroatoms. The normalized spacial score (nSPS) is 33.9. The fraction of sp³-hybridized carbons (Fsp3) is 0.647. The molecule has 1 saturated carbocycles. The number of hydrogen-bond donors (Lipinski definition) is 0. The summed E-state index contributed by atoms with van der Waals surface area (Å²) in [4.78, 5) is 0. The summed E-state index contributed by atoms with van der Waals surface area (Å²) in [6.07, 6.45) is 15.7. The minimum absolute atomic E-state index is 0.522. The van der Waals surface area contributed by atoms with Crippen molar-refractivity contribution in [2.45, 2.75) is 50.7 Å². The Balaban J connectivity index is 2.11. The van der Waals surface area contributed by atoms with Crippen LogP contribution >= 0.6 is 0 Å². The molecule has 100 valence electrons. The first kappa shape index (κ1) is 13.9. The van der Waals surface area contributed by atoms with E-state index < -0.39 is 8.80 Å². The van der Waals surface area contributed by atoms with Gasteiger partial charge in [0.05, 0.1) is 0 Å². The molecule has 0 aromatic rings. The van der Waals surface area contributed by atoms with Crippen molar-refractivity contribution in [2.24, 2.45) is 17.8 Å². The lowest BCUT2D eigenvalue weighted by molar-refractivity contribution is 0.396. The summed E-state index contributed by atoms with van der Waals surface area (Å²) >= 11 is 0. The van der Waals surface area contributed by atoms with Crippen molar-refractivity contribution in [3.63, 3.8) is 0 Å². The highest BCUT2D eigenvalue weighted by atomic mass is 28.3. The summed E-state index contributed by atoms with van der Waals surface area (Å²) in [7, 11) is -0.522. The maximum Gasteiger partial charge on any atom is 0.0400 e. The molecule has 0 heterocycles. The molecular formula is C17H28Si. The van der Waals surface area contributed by atoms with Crippen molar-refractivity contribution < 1.29 is 0 Å². The maximum atomic E-state index is 3.89. The van der Waals surface area contributed by atoms with Crippen LogP contribution in [0.1, 0.15) is 33.1 Å². The van der Waals surface area contributed by atoms with Gasteiger partial charge in [0.1, 0.15) is 0 Å². The smallest absolute Gasteiger partial charge is 0.0400 e. The minimum Gasteiger partial charge on any atom is -0.103 e. The highest BCUT2D eigenvalue weighted by Gasteiger charge is 2.43. The van der Waals surface area contributed by atoms with Crippen LogP contribution < -0.4 is 0 Å². The largest absolute Gasteiger partial charge is 0.103 e. The highest BCUT2D eigenvalue weighted by molar-refractivity contribution is 6.60. The van der Waals surface area contributed by atoms with Gasteiger partial charge < -0.3 is 0 Å². The second-order valence-corrected chi connectivity index (χ2v) is 10.0. The zero-order chi connectivity index (χ0) is 13.0. The molecule has 0 radical (unpaired) electrons. The van der Waals surface area contributed by atoms with Crippen molar-refractivity contribution in [1.29, 1.82) is 0 Å². The van der Waals surface area contributed by atoms with E-state index in [1.165, 1.54) is 31.4 Å². The van der Waals surface area contributed by atoms with Crippen LogP contribution in [0.4, 0.5) is 0 Å². The Morgan fingerprint density at radius 3 is 2.44 bits per heavy atom. The second kappa shape index (κ2) is 6.56.